The Morgan fingerprint density at radius 1 is 1.42 bits per heavy atom. The van der Waals surface area contributed by atoms with Gasteiger partial charge in [-0.1, -0.05) is 6.92 Å². The Labute approximate surface area is 136 Å². The molecule has 6 nitrogen and oxygen atoms in total. The van der Waals surface area contributed by atoms with Crippen molar-refractivity contribution in [1.29, 1.82) is 0 Å². The number of carbonyl (C=O) groups is 1. The van der Waals surface area contributed by atoms with E-state index in [0.29, 0.717) is 12.6 Å². The molecule has 0 saturated carbocycles. The topological polar surface area (TPSA) is 78.6 Å². The number of carbonyl (C=O) groups excluding carboxylic acids is 1. The van der Waals surface area contributed by atoms with E-state index >= 15 is 0 Å². The second kappa shape index (κ2) is 6.20. The van der Waals surface area contributed by atoms with Gasteiger partial charge in [-0.3, -0.25) is 4.79 Å². The lowest BCUT2D eigenvalue weighted by Gasteiger charge is -2.24. The molecule has 1 aromatic carbocycles. The number of aromatic hydroxyl groups is 1. The van der Waals surface area contributed by atoms with Crippen LogP contribution in [0.1, 0.15) is 23.8 Å². The fraction of sp³-hybridized carbons (Fsp3) is 0.375. The average molecular weight is 337 g/mol. The molecule has 2 N–H and O–H groups in total. The van der Waals surface area contributed by atoms with E-state index in [4.69, 9.17) is 0 Å². The maximum Gasteiger partial charge on any atom is 0.278 e. The average Bonchev–Trinajstić information content (AvgIpc) is 3.09. The highest BCUT2D eigenvalue weighted by Crippen LogP contribution is 2.28. The van der Waals surface area contributed by atoms with E-state index in [1.807, 2.05) is 6.92 Å². The second-order valence-electron chi connectivity index (χ2n) is 5.92. The number of benzene rings is 1. The molecule has 0 radical (unpaired) electrons. The van der Waals surface area contributed by atoms with Crippen molar-refractivity contribution in [3.63, 3.8) is 0 Å². The van der Waals surface area contributed by atoms with Gasteiger partial charge >= 0.3 is 0 Å². The highest BCUT2D eigenvalue weighted by atomic mass is 19.1. The minimum atomic E-state index is -0.862. The zero-order valence-electron chi connectivity index (χ0n) is 13.0. The summed E-state index contributed by atoms with van der Waals surface area (Å²) >= 11 is 0. The lowest BCUT2D eigenvalue weighted by atomic mass is 10.0. The van der Waals surface area contributed by atoms with Gasteiger partial charge < -0.3 is 15.1 Å². The van der Waals surface area contributed by atoms with Crippen molar-refractivity contribution in [3.8, 4) is 11.4 Å². The van der Waals surface area contributed by atoms with Crippen LogP contribution < -0.4 is 0 Å². The minimum Gasteiger partial charge on any atom is -0.504 e. The van der Waals surface area contributed by atoms with E-state index < -0.39 is 23.3 Å². The standard InChI is InChI=1S/C16H17F2N3O3/c1-9-4-5-20(13(9)8-22)16(24)15-14(23)7-21(19-15)12-3-2-10(17)6-11(12)18/h2-3,6-7,9,13,22-23H,4-5,8H2,1H3/t9-,13+/m0/s1. The third kappa shape index (κ3) is 2.73. The van der Waals surface area contributed by atoms with Gasteiger partial charge in [0.2, 0.25) is 0 Å². The van der Waals surface area contributed by atoms with E-state index in [2.05, 4.69) is 5.10 Å². The van der Waals surface area contributed by atoms with Crippen LogP contribution in [0.3, 0.4) is 0 Å². The fourth-order valence-electron chi connectivity index (χ4n) is 2.98. The zero-order chi connectivity index (χ0) is 17.4. The van der Waals surface area contributed by atoms with Gasteiger partial charge in [-0.15, -0.1) is 0 Å². The van der Waals surface area contributed by atoms with E-state index in [1.54, 1.807) is 0 Å². The smallest absolute Gasteiger partial charge is 0.278 e. The Balaban J connectivity index is 1.93. The van der Waals surface area contributed by atoms with E-state index in [9.17, 15) is 23.8 Å². The van der Waals surface area contributed by atoms with Crippen LogP contribution in [0.2, 0.25) is 0 Å². The summed E-state index contributed by atoms with van der Waals surface area (Å²) in [4.78, 5) is 14.0. The molecule has 2 aromatic rings. The van der Waals surface area contributed by atoms with Gasteiger partial charge in [0.1, 0.15) is 11.5 Å². The minimum absolute atomic E-state index is 0.0840. The first-order valence-electron chi connectivity index (χ1n) is 7.58. The highest BCUT2D eigenvalue weighted by Gasteiger charge is 2.36. The van der Waals surface area contributed by atoms with Crippen LogP contribution in [0, 0.1) is 17.6 Å². The summed E-state index contributed by atoms with van der Waals surface area (Å²) < 4.78 is 27.8. The molecule has 0 spiro atoms. The van der Waals surface area contributed by atoms with E-state index in [1.165, 1.54) is 11.0 Å². The number of aliphatic hydroxyl groups excluding tert-OH is 1. The lowest BCUT2D eigenvalue weighted by Crippen LogP contribution is -2.40. The maximum atomic E-state index is 13.8. The molecule has 1 saturated heterocycles. The molecule has 3 rings (SSSR count). The number of aromatic nitrogens is 2. The Morgan fingerprint density at radius 3 is 2.83 bits per heavy atom. The number of aliphatic hydroxyl groups is 1. The molecular formula is C16H17F2N3O3. The first-order chi connectivity index (χ1) is 11.4. The van der Waals surface area contributed by atoms with Crippen molar-refractivity contribution < 1.29 is 23.8 Å². The molecule has 0 bridgehead atoms. The number of likely N-dealkylation sites (tertiary alicyclic amines) is 1. The van der Waals surface area contributed by atoms with Gasteiger partial charge in [-0.2, -0.15) is 5.10 Å². The first kappa shape index (κ1) is 16.4. The highest BCUT2D eigenvalue weighted by molar-refractivity contribution is 5.95. The van der Waals surface area contributed by atoms with Crippen LogP contribution >= 0.6 is 0 Å². The number of nitrogens with zero attached hydrogens (tertiary/aromatic N) is 3. The predicted octanol–water partition coefficient (Wildman–Crippen LogP) is 1.70. The number of rotatable bonds is 3. The Morgan fingerprint density at radius 2 is 2.17 bits per heavy atom. The number of amides is 1. The summed E-state index contributed by atoms with van der Waals surface area (Å²) in [6, 6.07) is 2.58. The maximum absolute atomic E-state index is 13.8. The van der Waals surface area contributed by atoms with Crippen molar-refractivity contribution in [1.82, 2.24) is 14.7 Å². The molecule has 2 atom stereocenters. The molecule has 0 aliphatic carbocycles. The Bertz CT molecular complexity index is 778. The molecule has 1 aliphatic heterocycles. The molecule has 0 unspecified atom stereocenters. The summed E-state index contributed by atoms with van der Waals surface area (Å²) in [5.41, 5.74) is -0.314. The summed E-state index contributed by atoms with van der Waals surface area (Å²) in [6.45, 7) is 2.20. The zero-order valence-corrected chi connectivity index (χ0v) is 13.0. The van der Waals surface area contributed by atoms with Gasteiger partial charge in [0.25, 0.3) is 5.91 Å². The van der Waals surface area contributed by atoms with E-state index in [0.717, 1.165) is 23.4 Å². The van der Waals surface area contributed by atoms with Crippen molar-refractivity contribution in [2.75, 3.05) is 13.2 Å². The van der Waals surface area contributed by atoms with Crippen LogP contribution in [-0.2, 0) is 0 Å². The van der Waals surface area contributed by atoms with Crippen molar-refractivity contribution in [2.24, 2.45) is 5.92 Å². The summed E-state index contributed by atoms with van der Waals surface area (Å²) in [6.07, 6.45) is 1.84. The van der Waals surface area contributed by atoms with Gasteiger partial charge in [-0.25, -0.2) is 13.5 Å². The molecule has 1 amide bonds. The summed E-state index contributed by atoms with van der Waals surface area (Å²) in [5.74, 6) is -2.39. The number of hydrogen-bond acceptors (Lipinski definition) is 4. The second-order valence-corrected chi connectivity index (χ2v) is 5.92. The Hall–Kier alpha value is -2.48. The lowest BCUT2D eigenvalue weighted by molar-refractivity contribution is 0.0639. The third-order valence-electron chi connectivity index (χ3n) is 4.38. The van der Waals surface area contributed by atoms with Crippen LogP contribution in [-0.4, -0.2) is 50.0 Å². The quantitative estimate of drug-likeness (QED) is 0.894. The monoisotopic (exact) mass is 337 g/mol. The van der Waals surface area contributed by atoms with Crippen LogP contribution in [0.25, 0.3) is 5.69 Å². The SMILES string of the molecule is C[C@H]1CCN(C(=O)c2nn(-c3ccc(F)cc3F)cc2O)[C@@H]1CO. The fourth-order valence-corrected chi connectivity index (χ4v) is 2.98. The predicted molar refractivity (Wildman–Crippen MR) is 80.8 cm³/mol. The van der Waals surface area contributed by atoms with E-state index in [-0.39, 0.29) is 29.9 Å². The number of halogens is 2. The molecule has 1 fully saturated rings. The van der Waals surface area contributed by atoms with Crippen molar-refractivity contribution in [2.45, 2.75) is 19.4 Å². The van der Waals surface area contributed by atoms with Crippen LogP contribution in [0.4, 0.5) is 8.78 Å². The van der Waals surface area contributed by atoms with Gasteiger partial charge in [-0.05, 0) is 24.5 Å². The van der Waals surface area contributed by atoms with Gasteiger partial charge in [0.05, 0.1) is 18.8 Å². The molecule has 1 aromatic heterocycles. The molecule has 1 aliphatic rings. The van der Waals surface area contributed by atoms with Crippen LogP contribution in [0.15, 0.2) is 24.4 Å². The Kier molecular flexibility index (Phi) is 4.23. The summed E-state index contributed by atoms with van der Waals surface area (Å²) in [7, 11) is 0. The van der Waals surface area contributed by atoms with Crippen LogP contribution in [0.5, 0.6) is 5.75 Å². The molecule has 2 heterocycles. The number of hydrogen-bond donors (Lipinski definition) is 2. The molecule has 128 valence electrons. The molecule has 8 heteroatoms. The first-order valence-corrected chi connectivity index (χ1v) is 7.58. The van der Waals surface area contributed by atoms with Gasteiger partial charge in [0, 0.05) is 12.6 Å². The van der Waals surface area contributed by atoms with Crippen molar-refractivity contribution >= 4 is 5.91 Å². The summed E-state index contributed by atoms with van der Waals surface area (Å²) in [5, 5.41) is 23.4. The third-order valence-corrected chi connectivity index (χ3v) is 4.38. The van der Waals surface area contributed by atoms with Crippen molar-refractivity contribution in [3.05, 3.63) is 41.7 Å². The van der Waals surface area contributed by atoms with Gasteiger partial charge in [0.15, 0.2) is 17.3 Å². The normalized spacial score (nSPS) is 20.6. The molecular weight excluding hydrogens is 320 g/mol. The largest absolute Gasteiger partial charge is 0.504 e. The molecule has 24 heavy (non-hydrogen) atoms.